The van der Waals surface area contributed by atoms with Crippen molar-refractivity contribution in [3.63, 3.8) is 0 Å². The smallest absolute Gasteiger partial charge is 0.224 e. The van der Waals surface area contributed by atoms with Crippen LogP contribution in [0.25, 0.3) is 10.9 Å². The molecule has 2 saturated heterocycles. The zero-order valence-corrected chi connectivity index (χ0v) is 17.8. The highest BCUT2D eigenvalue weighted by molar-refractivity contribution is 5.88. The molecule has 3 aromatic rings. The van der Waals surface area contributed by atoms with Gasteiger partial charge in [-0.2, -0.15) is 0 Å². The highest BCUT2D eigenvalue weighted by atomic mass is 16.5. The van der Waals surface area contributed by atoms with Gasteiger partial charge in [0.15, 0.2) is 0 Å². The second-order valence-electron chi connectivity index (χ2n) is 8.96. The van der Waals surface area contributed by atoms with Crippen LogP contribution in [0.2, 0.25) is 0 Å². The summed E-state index contributed by atoms with van der Waals surface area (Å²) in [6, 6.07) is 12.8. The van der Waals surface area contributed by atoms with E-state index in [0.29, 0.717) is 6.42 Å². The first-order chi connectivity index (χ1) is 15.2. The number of pyridine rings is 1. The van der Waals surface area contributed by atoms with Gasteiger partial charge in [-0.05, 0) is 42.9 Å². The maximum absolute atomic E-state index is 12.8. The average molecular weight is 419 g/mol. The molecule has 0 aliphatic carbocycles. The number of piperidine rings is 1. The first-order valence-electron chi connectivity index (χ1n) is 11.3. The predicted molar refractivity (Wildman–Crippen MR) is 121 cm³/mol. The second kappa shape index (κ2) is 8.81. The van der Waals surface area contributed by atoms with Gasteiger partial charge in [-0.1, -0.05) is 30.3 Å². The third-order valence-corrected chi connectivity index (χ3v) is 6.79. The van der Waals surface area contributed by atoms with Crippen LogP contribution < -0.4 is 5.32 Å². The zero-order chi connectivity index (χ0) is 21.1. The van der Waals surface area contributed by atoms with E-state index in [1.807, 2.05) is 12.3 Å². The van der Waals surface area contributed by atoms with Crippen LogP contribution in [0.1, 0.15) is 36.8 Å². The number of benzene rings is 1. The van der Waals surface area contributed by atoms with Crippen molar-refractivity contribution in [2.75, 3.05) is 19.7 Å². The van der Waals surface area contributed by atoms with E-state index in [2.05, 4.69) is 50.5 Å². The van der Waals surface area contributed by atoms with E-state index in [4.69, 9.17) is 4.74 Å². The van der Waals surface area contributed by atoms with Gasteiger partial charge >= 0.3 is 0 Å². The second-order valence-corrected chi connectivity index (χ2v) is 8.96. The normalized spacial score (nSPS) is 21.4. The molecule has 6 heteroatoms. The number of H-pyrrole nitrogens is 1. The molecule has 4 heterocycles. The molecule has 2 fully saturated rings. The number of nitrogens with zero attached hydrogens (tertiary/aromatic N) is 2. The van der Waals surface area contributed by atoms with Gasteiger partial charge in [-0.25, -0.2) is 0 Å². The fourth-order valence-electron chi connectivity index (χ4n) is 5.09. The van der Waals surface area contributed by atoms with E-state index in [1.54, 1.807) is 12.4 Å². The largest absolute Gasteiger partial charge is 0.375 e. The monoisotopic (exact) mass is 418 g/mol. The third-order valence-electron chi connectivity index (χ3n) is 6.79. The molecule has 1 atom stereocenters. The first kappa shape index (κ1) is 20.2. The van der Waals surface area contributed by atoms with E-state index in [1.165, 1.54) is 5.56 Å². The number of fused-ring (bicyclic) bond motifs is 1. The lowest BCUT2D eigenvalue weighted by Gasteiger charge is -2.46. The molecule has 1 aromatic carbocycles. The molecule has 0 bridgehead atoms. The molecular weight excluding hydrogens is 388 g/mol. The fourth-order valence-corrected chi connectivity index (χ4v) is 5.09. The van der Waals surface area contributed by atoms with Crippen LogP contribution in [0.4, 0.5) is 0 Å². The number of ether oxygens (including phenoxy) is 1. The van der Waals surface area contributed by atoms with E-state index in [0.717, 1.165) is 68.4 Å². The van der Waals surface area contributed by atoms with Crippen molar-refractivity contribution in [1.29, 1.82) is 0 Å². The summed E-state index contributed by atoms with van der Waals surface area (Å²) >= 11 is 0. The molecule has 2 aliphatic heterocycles. The zero-order valence-electron chi connectivity index (χ0n) is 17.8. The van der Waals surface area contributed by atoms with E-state index >= 15 is 0 Å². The van der Waals surface area contributed by atoms with Crippen LogP contribution in [0.5, 0.6) is 0 Å². The predicted octanol–water partition coefficient (Wildman–Crippen LogP) is 3.44. The van der Waals surface area contributed by atoms with Crippen molar-refractivity contribution in [2.45, 2.75) is 50.3 Å². The maximum atomic E-state index is 12.8. The van der Waals surface area contributed by atoms with Crippen LogP contribution in [0, 0.1) is 0 Å². The number of carbonyl (C=O) groups excluding carboxylic acids is 1. The molecule has 1 unspecified atom stereocenters. The lowest BCUT2D eigenvalue weighted by molar-refractivity contribution is -0.131. The highest BCUT2D eigenvalue weighted by Crippen LogP contribution is 2.35. The minimum Gasteiger partial charge on any atom is -0.375 e. The highest BCUT2D eigenvalue weighted by Gasteiger charge is 2.40. The van der Waals surface area contributed by atoms with Gasteiger partial charge in [0.25, 0.3) is 0 Å². The van der Waals surface area contributed by atoms with Crippen molar-refractivity contribution < 1.29 is 9.53 Å². The summed E-state index contributed by atoms with van der Waals surface area (Å²) in [6.07, 6.45) is 9.73. The molecule has 2 aliphatic rings. The van der Waals surface area contributed by atoms with E-state index < -0.39 is 0 Å². The summed E-state index contributed by atoms with van der Waals surface area (Å²) in [6.45, 7) is 3.80. The molecule has 5 rings (SSSR count). The number of hydrogen-bond acceptors (Lipinski definition) is 4. The van der Waals surface area contributed by atoms with Gasteiger partial charge in [-0.15, -0.1) is 0 Å². The minimum atomic E-state index is -0.0875. The average Bonchev–Trinajstić information content (AvgIpc) is 3.19. The molecule has 6 nitrogen and oxygen atoms in total. The Labute approximate surface area is 183 Å². The standard InChI is InChI=1S/C25H30N4O2/c30-24(14-20-16-27-23-17-26-10-6-22(20)23)28-21-7-13-31-25(15-21)8-11-29(12-9-25)18-19-4-2-1-3-5-19/h1-6,10,16-17,21,27H,7-9,11-15,18H2,(H,28,30). The van der Waals surface area contributed by atoms with Gasteiger partial charge in [0.1, 0.15) is 0 Å². The Kier molecular flexibility index (Phi) is 5.74. The Morgan fingerprint density at radius 3 is 2.90 bits per heavy atom. The molecule has 2 aromatic heterocycles. The summed E-state index contributed by atoms with van der Waals surface area (Å²) in [5.74, 6) is 0.0845. The molecule has 162 valence electrons. The van der Waals surface area contributed by atoms with Crippen LogP contribution in [0.3, 0.4) is 0 Å². The molecule has 1 spiro atoms. The Hall–Kier alpha value is -2.70. The van der Waals surface area contributed by atoms with Gasteiger partial charge in [0.05, 0.1) is 23.7 Å². The molecule has 0 radical (unpaired) electrons. The lowest BCUT2D eigenvalue weighted by Crippen LogP contribution is -2.53. The summed E-state index contributed by atoms with van der Waals surface area (Å²) in [5.41, 5.74) is 3.26. The number of aromatic nitrogens is 2. The minimum absolute atomic E-state index is 0.0845. The van der Waals surface area contributed by atoms with Crippen molar-refractivity contribution >= 4 is 16.8 Å². The number of aromatic amines is 1. The topological polar surface area (TPSA) is 70.2 Å². The molecule has 1 amide bonds. The number of hydrogen-bond donors (Lipinski definition) is 2. The van der Waals surface area contributed by atoms with Crippen LogP contribution in [0.15, 0.2) is 55.0 Å². The van der Waals surface area contributed by atoms with Crippen LogP contribution >= 0.6 is 0 Å². The van der Waals surface area contributed by atoms with Gasteiger partial charge in [0.2, 0.25) is 5.91 Å². The molecule has 0 saturated carbocycles. The fraction of sp³-hybridized carbons (Fsp3) is 0.440. The number of nitrogens with one attached hydrogen (secondary N) is 2. The first-order valence-corrected chi connectivity index (χ1v) is 11.3. The number of carbonyl (C=O) groups is 1. The molecule has 2 N–H and O–H groups in total. The Bertz CT molecular complexity index is 1020. The lowest BCUT2D eigenvalue weighted by atomic mass is 9.82. The Morgan fingerprint density at radius 2 is 2.06 bits per heavy atom. The van der Waals surface area contributed by atoms with Crippen molar-refractivity contribution in [3.05, 3.63) is 66.1 Å². The quantitative estimate of drug-likeness (QED) is 0.666. The van der Waals surface area contributed by atoms with Gasteiger partial charge in [0, 0.05) is 50.1 Å². The van der Waals surface area contributed by atoms with E-state index in [9.17, 15) is 4.79 Å². The van der Waals surface area contributed by atoms with Crippen LogP contribution in [-0.4, -0.2) is 52.1 Å². The van der Waals surface area contributed by atoms with Crippen LogP contribution in [-0.2, 0) is 22.5 Å². The Morgan fingerprint density at radius 1 is 1.23 bits per heavy atom. The van der Waals surface area contributed by atoms with Crippen molar-refractivity contribution in [1.82, 2.24) is 20.2 Å². The van der Waals surface area contributed by atoms with Crippen molar-refractivity contribution in [3.8, 4) is 0 Å². The van der Waals surface area contributed by atoms with Gasteiger partial charge in [-0.3, -0.25) is 14.7 Å². The number of likely N-dealkylation sites (tertiary alicyclic amines) is 1. The number of rotatable bonds is 5. The molecular formula is C25H30N4O2. The van der Waals surface area contributed by atoms with Crippen molar-refractivity contribution in [2.24, 2.45) is 0 Å². The summed E-state index contributed by atoms with van der Waals surface area (Å²) in [4.78, 5) is 22.6. The summed E-state index contributed by atoms with van der Waals surface area (Å²) in [7, 11) is 0. The summed E-state index contributed by atoms with van der Waals surface area (Å²) in [5, 5.41) is 4.35. The number of amides is 1. The maximum Gasteiger partial charge on any atom is 0.224 e. The Balaban J connectivity index is 1.15. The summed E-state index contributed by atoms with van der Waals surface area (Å²) < 4.78 is 6.29. The van der Waals surface area contributed by atoms with E-state index in [-0.39, 0.29) is 17.6 Å². The molecule has 31 heavy (non-hydrogen) atoms. The van der Waals surface area contributed by atoms with Gasteiger partial charge < -0.3 is 15.0 Å². The SMILES string of the molecule is O=C(Cc1c[nH]c2cnccc12)NC1CCOC2(CCN(Cc3ccccc3)CC2)C1. The third kappa shape index (κ3) is 4.65.